The summed E-state index contributed by atoms with van der Waals surface area (Å²) in [5.41, 5.74) is 0.985. The van der Waals surface area contributed by atoms with Gasteiger partial charge in [-0.05, 0) is 69.9 Å². The molecule has 1 atom stereocenters. The van der Waals surface area contributed by atoms with Gasteiger partial charge in [0.25, 0.3) is 0 Å². The van der Waals surface area contributed by atoms with E-state index in [0.29, 0.717) is 11.0 Å². The largest absolute Gasteiger partial charge is 0.385 e. The highest BCUT2D eigenvalue weighted by atomic mass is 16.5. The van der Waals surface area contributed by atoms with Crippen molar-refractivity contribution in [2.75, 3.05) is 39.9 Å². The van der Waals surface area contributed by atoms with E-state index in [1.54, 1.807) is 0 Å². The van der Waals surface area contributed by atoms with Gasteiger partial charge in [0.15, 0.2) is 0 Å². The number of hydrogen-bond donors (Lipinski definition) is 1. The molecule has 3 nitrogen and oxygen atoms in total. The Morgan fingerprint density at radius 3 is 2.74 bits per heavy atom. The molecular weight excluding hydrogens is 236 g/mol. The standard InChI is InChI=1S/C16H30N2O/c1-15(14-4-5-14)12-18(10-3-9-17-15)13-16(6-7-16)8-11-19-2/h14,17H,3-13H2,1-2H3. The Kier molecular flexibility index (Phi) is 3.89. The van der Waals surface area contributed by atoms with Crippen LogP contribution in [0.2, 0.25) is 0 Å². The topological polar surface area (TPSA) is 24.5 Å². The molecule has 0 amide bonds. The maximum Gasteiger partial charge on any atom is 0.0468 e. The molecule has 0 aromatic carbocycles. The summed E-state index contributed by atoms with van der Waals surface area (Å²) in [5.74, 6) is 0.933. The van der Waals surface area contributed by atoms with Gasteiger partial charge in [-0.2, -0.15) is 0 Å². The Hall–Kier alpha value is -0.120. The number of nitrogens with one attached hydrogen (secondary N) is 1. The van der Waals surface area contributed by atoms with Crippen LogP contribution in [0.3, 0.4) is 0 Å². The first-order valence-electron chi connectivity index (χ1n) is 8.12. The molecule has 3 heteroatoms. The van der Waals surface area contributed by atoms with Gasteiger partial charge in [-0.25, -0.2) is 0 Å². The molecule has 1 heterocycles. The molecule has 0 radical (unpaired) electrons. The lowest BCUT2D eigenvalue weighted by Gasteiger charge is -2.35. The van der Waals surface area contributed by atoms with E-state index < -0.39 is 0 Å². The molecule has 3 fully saturated rings. The van der Waals surface area contributed by atoms with E-state index in [-0.39, 0.29) is 0 Å². The fourth-order valence-electron chi connectivity index (χ4n) is 3.86. The second-order valence-electron chi connectivity index (χ2n) is 7.43. The summed E-state index contributed by atoms with van der Waals surface area (Å²) >= 11 is 0. The molecule has 0 aromatic heterocycles. The van der Waals surface area contributed by atoms with Crippen molar-refractivity contribution in [3.63, 3.8) is 0 Å². The first-order chi connectivity index (χ1) is 9.16. The van der Waals surface area contributed by atoms with Crippen LogP contribution in [-0.2, 0) is 4.74 Å². The molecule has 0 aromatic rings. The van der Waals surface area contributed by atoms with E-state index in [9.17, 15) is 0 Å². The van der Waals surface area contributed by atoms with Crippen molar-refractivity contribution in [2.45, 2.75) is 51.0 Å². The lowest BCUT2D eigenvalue weighted by Crippen LogP contribution is -2.51. The summed E-state index contributed by atoms with van der Waals surface area (Å²) < 4.78 is 5.29. The third kappa shape index (κ3) is 3.32. The molecular formula is C16H30N2O. The minimum atomic E-state index is 0.383. The summed E-state index contributed by atoms with van der Waals surface area (Å²) in [6.07, 6.45) is 8.27. The maximum atomic E-state index is 5.29. The average molecular weight is 266 g/mol. The number of nitrogens with zero attached hydrogens (tertiary/aromatic N) is 1. The van der Waals surface area contributed by atoms with E-state index in [2.05, 4.69) is 17.1 Å². The summed E-state index contributed by atoms with van der Waals surface area (Å²) in [4.78, 5) is 2.75. The second-order valence-corrected chi connectivity index (χ2v) is 7.43. The molecule has 3 rings (SSSR count). The van der Waals surface area contributed by atoms with Crippen LogP contribution in [0.15, 0.2) is 0 Å². The molecule has 2 aliphatic carbocycles. The van der Waals surface area contributed by atoms with Gasteiger partial charge in [-0.3, -0.25) is 0 Å². The van der Waals surface area contributed by atoms with Gasteiger partial charge in [-0.15, -0.1) is 0 Å². The third-order valence-electron chi connectivity index (χ3n) is 5.56. The highest BCUT2D eigenvalue weighted by Gasteiger charge is 2.47. The lowest BCUT2D eigenvalue weighted by molar-refractivity contribution is 0.133. The number of methoxy groups -OCH3 is 1. The summed E-state index contributed by atoms with van der Waals surface area (Å²) in [6.45, 7) is 8.44. The van der Waals surface area contributed by atoms with Crippen LogP contribution >= 0.6 is 0 Å². The van der Waals surface area contributed by atoms with Crippen LogP contribution in [0, 0.1) is 11.3 Å². The van der Waals surface area contributed by atoms with Gasteiger partial charge in [-0.1, -0.05) is 0 Å². The quantitative estimate of drug-likeness (QED) is 0.798. The predicted molar refractivity (Wildman–Crippen MR) is 78.3 cm³/mol. The van der Waals surface area contributed by atoms with Gasteiger partial charge in [0, 0.05) is 32.3 Å². The fourth-order valence-corrected chi connectivity index (χ4v) is 3.86. The maximum absolute atomic E-state index is 5.29. The highest BCUT2D eigenvalue weighted by molar-refractivity contribution is 5.03. The summed E-state index contributed by atoms with van der Waals surface area (Å²) in [6, 6.07) is 0. The Labute approximate surface area is 118 Å². The van der Waals surface area contributed by atoms with Crippen LogP contribution in [0.4, 0.5) is 0 Å². The Balaban J connectivity index is 1.57. The molecule has 1 aliphatic heterocycles. The third-order valence-corrected chi connectivity index (χ3v) is 5.56. The molecule has 1 N–H and O–H groups in total. The highest BCUT2D eigenvalue weighted by Crippen LogP contribution is 2.50. The summed E-state index contributed by atoms with van der Waals surface area (Å²) in [5, 5.41) is 3.83. The monoisotopic (exact) mass is 266 g/mol. The first-order valence-corrected chi connectivity index (χ1v) is 8.12. The van der Waals surface area contributed by atoms with Crippen LogP contribution in [0.1, 0.15) is 45.4 Å². The SMILES string of the molecule is COCCC1(CN2CCCNC(C)(C3CC3)C2)CC1. The smallest absolute Gasteiger partial charge is 0.0468 e. The summed E-state index contributed by atoms with van der Waals surface area (Å²) in [7, 11) is 1.83. The Morgan fingerprint density at radius 1 is 1.32 bits per heavy atom. The molecule has 1 saturated heterocycles. The van der Waals surface area contributed by atoms with E-state index >= 15 is 0 Å². The van der Waals surface area contributed by atoms with Crippen molar-refractivity contribution in [1.82, 2.24) is 10.2 Å². The molecule has 110 valence electrons. The normalized spacial score (nSPS) is 35.1. The van der Waals surface area contributed by atoms with E-state index in [1.807, 2.05) is 7.11 Å². The minimum Gasteiger partial charge on any atom is -0.385 e. The zero-order chi connectivity index (χ0) is 13.3. The van der Waals surface area contributed by atoms with Crippen molar-refractivity contribution < 1.29 is 4.74 Å². The molecule has 0 spiro atoms. The number of hydrogen-bond acceptors (Lipinski definition) is 3. The molecule has 3 aliphatic rings. The van der Waals surface area contributed by atoms with Crippen LogP contribution in [0.25, 0.3) is 0 Å². The van der Waals surface area contributed by atoms with Crippen LogP contribution in [-0.4, -0.2) is 50.3 Å². The first kappa shape index (κ1) is 13.8. The number of ether oxygens (including phenoxy) is 1. The van der Waals surface area contributed by atoms with Gasteiger partial charge in [0.05, 0.1) is 0 Å². The van der Waals surface area contributed by atoms with E-state index in [0.717, 1.165) is 12.5 Å². The lowest BCUT2D eigenvalue weighted by atomic mass is 9.94. The van der Waals surface area contributed by atoms with Crippen LogP contribution in [0.5, 0.6) is 0 Å². The minimum absolute atomic E-state index is 0.383. The zero-order valence-electron chi connectivity index (χ0n) is 12.7. The van der Waals surface area contributed by atoms with Crippen molar-refractivity contribution in [3.05, 3.63) is 0 Å². The predicted octanol–water partition coefficient (Wildman–Crippen LogP) is 2.27. The van der Waals surface area contributed by atoms with Gasteiger partial charge >= 0.3 is 0 Å². The molecule has 1 unspecified atom stereocenters. The van der Waals surface area contributed by atoms with Crippen molar-refractivity contribution in [2.24, 2.45) is 11.3 Å². The molecule has 19 heavy (non-hydrogen) atoms. The fraction of sp³-hybridized carbons (Fsp3) is 1.00. The Morgan fingerprint density at radius 2 is 2.11 bits per heavy atom. The average Bonchev–Trinajstić information content (AvgIpc) is 3.25. The van der Waals surface area contributed by atoms with Crippen LogP contribution < -0.4 is 5.32 Å². The molecule has 0 bridgehead atoms. The zero-order valence-corrected chi connectivity index (χ0v) is 12.7. The van der Waals surface area contributed by atoms with Gasteiger partial charge in [0.2, 0.25) is 0 Å². The van der Waals surface area contributed by atoms with Gasteiger partial charge in [0.1, 0.15) is 0 Å². The molecule has 2 saturated carbocycles. The van der Waals surface area contributed by atoms with Crippen molar-refractivity contribution in [1.29, 1.82) is 0 Å². The van der Waals surface area contributed by atoms with Crippen molar-refractivity contribution in [3.8, 4) is 0 Å². The number of rotatable bonds is 6. The second kappa shape index (κ2) is 5.34. The van der Waals surface area contributed by atoms with E-state index in [4.69, 9.17) is 4.74 Å². The Bertz CT molecular complexity index is 312. The van der Waals surface area contributed by atoms with Crippen molar-refractivity contribution >= 4 is 0 Å². The van der Waals surface area contributed by atoms with Gasteiger partial charge < -0.3 is 15.0 Å². The van der Waals surface area contributed by atoms with E-state index in [1.165, 1.54) is 64.7 Å².